The van der Waals surface area contributed by atoms with Crippen LogP contribution in [-0.2, 0) is 9.47 Å². The average Bonchev–Trinajstić information content (AvgIpc) is 2.73. The molecular formula is C15H21N3O6. The molecule has 1 aromatic rings. The molecule has 2 rings (SSSR count). The summed E-state index contributed by atoms with van der Waals surface area (Å²) in [6.45, 7) is 8.41. The zero-order chi connectivity index (χ0) is 18.1. The molecule has 1 aliphatic heterocycles. The van der Waals surface area contributed by atoms with Crippen molar-refractivity contribution in [1.29, 1.82) is 0 Å². The average molecular weight is 339 g/mol. The van der Waals surface area contributed by atoms with E-state index in [1.807, 2.05) is 0 Å². The summed E-state index contributed by atoms with van der Waals surface area (Å²) in [5, 5.41) is 21.4. The summed E-state index contributed by atoms with van der Waals surface area (Å²) in [4.78, 5) is 27.5. The highest BCUT2D eigenvalue weighted by molar-refractivity contribution is 5.83. The number of aliphatic hydroxyl groups is 2. The van der Waals surface area contributed by atoms with Gasteiger partial charge in [0.1, 0.15) is 23.6 Å². The molecule has 1 fully saturated rings. The quantitative estimate of drug-likeness (QED) is 0.681. The Kier molecular flexibility index (Phi) is 5.07. The molecule has 9 heteroatoms. The lowest BCUT2D eigenvalue weighted by atomic mass is 10.1. The van der Waals surface area contributed by atoms with E-state index in [0.29, 0.717) is 0 Å². The summed E-state index contributed by atoms with van der Waals surface area (Å²) >= 11 is 0. The van der Waals surface area contributed by atoms with Gasteiger partial charge in [-0.3, -0.25) is 9.88 Å². The molecule has 0 radical (unpaired) electrons. The van der Waals surface area contributed by atoms with Gasteiger partial charge < -0.3 is 19.7 Å². The number of nitrogens with zero attached hydrogens (tertiary/aromatic N) is 2. The molecule has 9 nitrogen and oxygen atoms in total. The number of rotatable bonds is 3. The van der Waals surface area contributed by atoms with Crippen molar-refractivity contribution < 1.29 is 24.5 Å². The Bertz CT molecular complexity index is 693. The summed E-state index contributed by atoms with van der Waals surface area (Å²) < 4.78 is 11.6. The molecule has 1 aromatic heterocycles. The Morgan fingerprint density at radius 2 is 2.21 bits per heavy atom. The van der Waals surface area contributed by atoms with Crippen LogP contribution in [0.15, 0.2) is 29.2 Å². The fraction of sp³-hybridized carbons (Fsp3) is 0.533. The van der Waals surface area contributed by atoms with E-state index in [1.54, 1.807) is 20.8 Å². The van der Waals surface area contributed by atoms with Gasteiger partial charge in [0.2, 0.25) is 0 Å². The first kappa shape index (κ1) is 18.1. The molecule has 0 saturated carbocycles. The molecule has 2 heterocycles. The maximum Gasteiger partial charge on any atom is 0.413 e. The monoisotopic (exact) mass is 339 g/mol. The third-order valence-electron chi connectivity index (χ3n) is 3.24. The van der Waals surface area contributed by atoms with E-state index in [9.17, 15) is 14.7 Å². The molecule has 0 aliphatic carbocycles. The summed E-state index contributed by atoms with van der Waals surface area (Å²) in [7, 11) is 0. The van der Waals surface area contributed by atoms with E-state index in [2.05, 4.69) is 16.9 Å². The lowest BCUT2D eigenvalue weighted by Gasteiger charge is -2.19. The van der Waals surface area contributed by atoms with Crippen molar-refractivity contribution in [3.05, 3.63) is 34.9 Å². The van der Waals surface area contributed by atoms with Crippen LogP contribution in [0.2, 0.25) is 0 Å². The molecule has 3 N–H and O–H groups in total. The minimum Gasteiger partial charge on any atom is -0.444 e. The first-order chi connectivity index (χ1) is 11.1. The summed E-state index contributed by atoms with van der Waals surface area (Å²) in [6, 6.07) is 1.39. The minimum absolute atomic E-state index is 0.0216. The lowest BCUT2D eigenvalue weighted by molar-refractivity contribution is -0.0447. The second-order valence-corrected chi connectivity index (χ2v) is 6.36. The molecular weight excluding hydrogens is 318 g/mol. The highest BCUT2D eigenvalue weighted by Gasteiger charge is 2.38. The van der Waals surface area contributed by atoms with Crippen molar-refractivity contribution in [3.8, 4) is 0 Å². The Hall–Kier alpha value is -2.23. The molecule has 0 aromatic carbocycles. The highest BCUT2D eigenvalue weighted by Crippen LogP contribution is 2.31. The van der Waals surface area contributed by atoms with Gasteiger partial charge in [0.25, 0.3) is 0 Å². The van der Waals surface area contributed by atoms with Gasteiger partial charge in [-0.15, -0.1) is 0 Å². The highest BCUT2D eigenvalue weighted by atomic mass is 16.6. The second kappa shape index (κ2) is 6.71. The number of aromatic nitrogens is 2. The molecule has 3 atom stereocenters. The van der Waals surface area contributed by atoms with Crippen LogP contribution in [0.25, 0.3) is 0 Å². The molecule has 1 amide bonds. The smallest absolute Gasteiger partial charge is 0.413 e. The van der Waals surface area contributed by atoms with Crippen LogP contribution >= 0.6 is 0 Å². The van der Waals surface area contributed by atoms with Crippen molar-refractivity contribution in [2.24, 2.45) is 0 Å². The van der Waals surface area contributed by atoms with Crippen LogP contribution in [0.3, 0.4) is 0 Å². The number of ether oxygens (including phenoxy) is 2. The Morgan fingerprint density at radius 1 is 1.54 bits per heavy atom. The van der Waals surface area contributed by atoms with E-state index < -0.39 is 42.4 Å². The van der Waals surface area contributed by atoms with Crippen LogP contribution in [-0.4, -0.2) is 50.3 Å². The van der Waals surface area contributed by atoms with Crippen LogP contribution < -0.4 is 11.0 Å². The predicted molar refractivity (Wildman–Crippen MR) is 84.5 cm³/mol. The van der Waals surface area contributed by atoms with Crippen molar-refractivity contribution in [2.75, 3.05) is 11.9 Å². The predicted octanol–water partition coefficient (Wildman–Crippen LogP) is 0.397. The fourth-order valence-corrected chi connectivity index (χ4v) is 2.17. The van der Waals surface area contributed by atoms with E-state index in [4.69, 9.17) is 14.6 Å². The summed E-state index contributed by atoms with van der Waals surface area (Å²) in [5.74, 6) is 0.0216. The van der Waals surface area contributed by atoms with Gasteiger partial charge in [-0.05, 0) is 26.8 Å². The third-order valence-corrected chi connectivity index (χ3v) is 3.24. The Morgan fingerprint density at radius 3 is 2.71 bits per heavy atom. The number of carbonyl (C=O) groups is 1. The summed E-state index contributed by atoms with van der Waals surface area (Å²) in [6.07, 6.45) is -2.25. The van der Waals surface area contributed by atoms with Crippen molar-refractivity contribution in [3.63, 3.8) is 0 Å². The SMILES string of the molecule is C=C1[C@H](n2ccc(NC(=O)OC(C)(C)C)nc2=O)O[C@H](CO)[C@H]1O. The van der Waals surface area contributed by atoms with Crippen LogP contribution in [0, 0.1) is 0 Å². The van der Waals surface area contributed by atoms with Gasteiger partial charge in [-0.25, -0.2) is 9.59 Å². The van der Waals surface area contributed by atoms with E-state index in [-0.39, 0.29) is 11.4 Å². The summed E-state index contributed by atoms with van der Waals surface area (Å²) in [5.41, 5.74) is -1.14. The Labute approximate surface area is 138 Å². The molecule has 132 valence electrons. The maximum absolute atomic E-state index is 12.1. The van der Waals surface area contributed by atoms with Gasteiger partial charge in [0.05, 0.1) is 6.61 Å². The number of hydrogen-bond acceptors (Lipinski definition) is 7. The van der Waals surface area contributed by atoms with Crippen LogP contribution in [0.4, 0.5) is 10.6 Å². The minimum atomic E-state index is -1.08. The second-order valence-electron chi connectivity index (χ2n) is 6.36. The van der Waals surface area contributed by atoms with Crippen molar-refractivity contribution >= 4 is 11.9 Å². The molecule has 0 unspecified atom stereocenters. The van der Waals surface area contributed by atoms with Crippen molar-refractivity contribution in [2.45, 2.75) is 44.8 Å². The number of anilines is 1. The van der Waals surface area contributed by atoms with Crippen molar-refractivity contribution in [1.82, 2.24) is 9.55 Å². The fourth-order valence-electron chi connectivity index (χ4n) is 2.17. The van der Waals surface area contributed by atoms with Crippen LogP contribution in [0.5, 0.6) is 0 Å². The molecule has 1 saturated heterocycles. The molecule has 24 heavy (non-hydrogen) atoms. The standard InChI is InChI=1S/C15H21N3O6/c1-8-11(20)9(7-19)23-12(8)18-6-5-10(16-13(18)21)17-14(22)24-15(2,3)4/h5-6,9,11-12,19-20H,1,7H2,2-4H3,(H,16,17,21,22)/t9-,11+,12-/m1/s1. The van der Waals surface area contributed by atoms with E-state index >= 15 is 0 Å². The Balaban J connectivity index is 2.15. The normalized spacial score (nSPS) is 24.0. The number of carbonyl (C=O) groups excluding carboxylic acids is 1. The molecule has 0 bridgehead atoms. The van der Waals surface area contributed by atoms with Gasteiger partial charge in [0.15, 0.2) is 6.23 Å². The number of amides is 1. The van der Waals surface area contributed by atoms with E-state index in [0.717, 1.165) is 4.57 Å². The largest absolute Gasteiger partial charge is 0.444 e. The first-order valence-electron chi connectivity index (χ1n) is 7.34. The third kappa shape index (κ3) is 3.99. The number of nitrogens with one attached hydrogen (secondary N) is 1. The zero-order valence-corrected chi connectivity index (χ0v) is 13.7. The topological polar surface area (TPSA) is 123 Å². The van der Waals surface area contributed by atoms with Gasteiger partial charge in [-0.2, -0.15) is 4.98 Å². The van der Waals surface area contributed by atoms with Gasteiger partial charge in [0, 0.05) is 11.8 Å². The van der Waals surface area contributed by atoms with Crippen LogP contribution in [0.1, 0.15) is 27.0 Å². The molecule has 1 aliphatic rings. The first-order valence-corrected chi connectivity index (χ1v) is 7.34. The maximum atomic E-state index is 12.1. The van der Waals surface area contributed by atoms with Gasteiger partial charge in [-0.1, -0.05) is 6.58 Å². The number of hydrogen-bond donors (Lipinski definition) is 3. The lowest BCUT2D eigenvalue weighted by Crippen LogP contribution is -2.31. The van der Waals surface area contributed by atoms with E-state index in [1.165, 1.54) is 12.3 Å². The zero-order valence-electron chi connectivity index (χ0n) is 13.7. The number of aliphatic hydroxyl groups excluding tert-OH is 2. The molecule has 0 spiro atoms. The van der Waals surface area contributed by atoms with Gasteiger partial charge >= 0.3 is 11.8 Å².